The molecule has 1 amide bonds. The first kappa shape index (κ1) is 27.0. The van der Waals surface area contributed by atoms with Crippen LogP contribution in [0, 0.1) is 5.82 Å². The van der Waals surface area contributed by atoms with Crippen molar-refractivity contribution in [2.45, 2.75) is 26.1 Å². The molecule has 0 saturated heterocycles. The van der Waals surface area contributed by atoms with Crippen molar-refractivity contribution in [3.8, 4) is 23.0 Å². The van der Waals surface area contributed by atoms with Gasteiger partial charge in [0.15, 0.2) is 5.76 Å². The Hall–Kier alpha value is -5.18. The number of methoxy groups -OCH3 is 2. The molecule has 0 spiro atoms. The van der Waals surface area contributed by atoms with E-state index in [4.69, 9.17) is 23.9 Å². The van der Waals surface area contributed by atoms with Gasteiger partial charge in [0.2, 0.25) is 11.9 Å². The monoisotopic (exact) mass is 564 g/mol. The van der Waals surface area contributed by atoms with E-state index in [0.29, 0.717) is 47.4 Å². The molecule has 8 nitrogen and oxygen atoms in total. The Morgan fingerprint density at radius 1 is 0.857 bits per heavy atom. The van der Waals surface area contributed by atoms with Gasteiger partial charge < -0.3 is 18.8 Å². The number of ether oxygens (including phenoxy) is 2. The number of hydrogen-bond donors (Lipinski definition) is 0. The molecule has 0 aliphatic carbocycles. The summed E-state index contributed by atoms with van der Waals surface area (Å²) in [6.07, 6.45) is 1.67. The van der Waals surface area contributed by atoms with Crippen LogP contribution < -0.4 is 19.3 Å². The van der Waals surface area contributed by atoms with Gasteiger partial charge in [-0.05, 0) is 53.6 Å². The van der Waals surface area contributed by atoms with Gasteiger partial charge in [-0.25, -0.2) is 9.37 Å². The lowest BCUT2D eigenvalue weighted by Gasteiger charge is -2.25. The summed E-state index contributed by atoms with van der Waals surface area (Å²) in [5.74, 6) is 2.37. The highest BCUT2D eigenvalue weighted by molar-refractivity contribution is 6.02. The Labute approximate surface area is 243 Å². The van der Waals surface area contributed by atoms with E-state index >= 15 is 0 Å². The van der Waals surface area contributed by atoms with E-state index in [2.05, 4.69) is 0 Å². The van der Waals surface area contributed by atoms with E-state index < -0.39 is 0 Å². The Morgan fingerprint density at radius 3 is 2.07 bits per heavy atom. The zero-order valence-electron chi connectivity index (χ0n) is 23.3. The SMILES string of the molecule is COc1ccc(CN(Cc2ccc(OC)cc2)c2nc(-c3ccco3)c3c(n2)N(Cc2ccccc2F)C(=O)C3)cc1. The van der Waals surface area contributed by atoms with Crippen molar-refractivity contribution >= 4 is 17.7 Å². The highest BCUT2D eigenvalue weighted by atomic mass is 19.1. The lowest BCUT2D eigenvalue weighted by Crippen LogP contribution is -2.28. The van der Waals surface area contributed by atoms with E-state index in [1.54, 1.807) is 44.7 Å². The van der Waals surface area contributed by atoms with Crippen molar-refractivity contribution in [2.75, 3.05) is 24.0 Å². The average Bonchev–Trinajstić information content (AvgIpc) is 3.66. The number of halogens is 1. The maximum atomic E-state index is 14.6. The van der Waals surface area contributed by atoms with E-state index in [9.17, 15) is 9.18 Å². The molecule has 0 atom stereocenters. The number of carbonyl (C=O) groups excluding carboxylic acids is 1. The molecule has 0 unspecified atom stereocenters. The fraction of sp³-hybridized carbons (Fsp3) is 0.182. The van der Waals surface area contributed by atoms with Crippen LogP contribution in [0.4, 0.5) is 16.2 Å². The molecule has 212 valence electrons. The van der Waals surface area contributed by atoms with Gasteiger partial charge >= 0.3 is 0 Å². The van der Waals surface area contributed by atoms with Crippen molar-refractivity contribution < 1.29 is 23.1 Å². The van der Waals surface area contributed by atoms with Crippen LogP contribution in [-0.2, 0) is 30.8 Å². The molecular formula is C33H29FN4O4. The van der Waals surface area contributed by atoms with Crippen molar-refractivity contribution in [2.24, 2.45) is 0 Å². The summed E-state index contributed by atoms with van der Waals surface area (Å²) in [4.78, 5) is 26.8. The minimum Gasteiger partial charge on any atom is -0.497 e. The van der Waals surface area contributed by atoms with Crippen LogP contribution in [0.1, 0.15) is 22.3 Å². The van der Waals surface area contributed by atoms with Crippen LogP contribution in [0.15, 0.2) is 95.6 Å². The lowest BCUT2D eigenvalue weighted by molar-refractivity contribution is -0.117. The largest absolute Gasteiger partial charge is 0.497 e. The van der Waals surface area contributed by atoms with Gasteiger partial charge in [-0.15, -0.1) is 0 Å². The molecule has 2 aromatic heterocycles. The molecule has 0 bridgehead atoms. The highest BCUT2D eigenvalue weighted by Crippen LogP contribution is 2.38. The van der Waals surface area contributed by atoms with Gasteiger partial charge in [0.25, 0.3) is 0 Å². The number of hydrogen-bond acceptors (Lipinski definition) is 7. The van der Waals surface area contributed by atoms with E-state index in [-0.39, 0.29) is 24.7 Å². The maximum Gasteiger partial charge on any atom is 0.233 e. The predicted molar refractivity (Wildman–Crippen MR) is 157 cm³/mol. The number of benzene rings is 3. The molecule has 0 fully saturated rings. The molecule has 3 aromatic carbocycles. The summed E-state index contributed by atoms with van der Waals surface area (Å²) in [5, 5.41) is 0. The zero-order valence-corrected chi connectivity index (χ0v) is 23.3. The average molecular weight is 565 g/mol. The van der Waals surface area contributed by atoms with Gasteiger partial charge in [-0.3, -0.25) is 9.69 Å². The standard InChI is InChI=1S/C33H29FN4O4/c1-40-25-13-9-22(10-14-25)19-37(20-23-11-15-26(41-2)16-12-23)33-35-31(29-8-5-17-42-29)27-18-30(39)38(32(27)36-33)21-24-6-3-4-7-28(24)34/h3-17H,18-21H2,1-2H3. The van der Waals surface area contributed by atoms with E-state index in [1.807, 2.05) is 59.5 Å². The Balaban J connectivity index is 1.45. The summed E-state index contributed by atoms with van der Waals surface area (Å²) in [7, 11) is 3.27. The second-order valence-corrected chi connectivity index (χ2v) is 9.95. The van der Waals surface area contributed by atoms with Gasteiger partial charge in [-0.2, -0.15) is 4.98 Å². The molecular weight excluding hydrogens is 535 g/mol. The van der Waals surface area contributed by atoms with Crippen LogP contribution in [0.2, 0.25) is 0 Å². The molecule has 0 radical (unpaired) electrons. The summed E-state index contributed by atoms with van der Waals surface area (Å²) in [6.45, 7) is 1.02. The van der Waals surface area contributed by atoms with Crippen molar-refractivity contribution in [3.63, 3.8) is 0 Å². The highest BCUT2D eigenvalue weighted by Gasteiger charge is 2.35. The number of fused-ring (bicyclic) bond motifs is 1. The van der Waals surface area contributed by atoms with Crippen molar-refractivity contribution in [3.05, 3.63) is 119 Å². The van der Waals surface area contributed by atoms with Crippen LogP contribution >= 0.6 is 0 Å². The predicted octanol–water partition coefficient (Wildman–Crippen LogP) is 6.19. The number of rotatable bonds is 10. The number of anilines is 2. The first-order valence-electron chi connectivity index (χ1n) is 13.5. The van der Waals surface area contributed by atoms with Crippen molar-refractivity contribution in [1.29, 1.82) is 0 Å². The Morgan fingerprint density at radius 2 is 1.50 bits per heavy atom. The maximum absolute atomic E-state index is 14.6. The normalized spacial score (nSPS) is 12.4. The molecule has 9 heteroatoms. The lowest BCUT2D eigenvalue weighted by atomic mass is 10.1. The molecule has 5 aromatic rings. The van der Waals surface area contributed by atoms with Crippen LogP contribution in [0.5, 0.6) is 11.5 Å². The number of nitrogens with zero attached hydrogens (tertiary/aromatic N) is 4. The third-order valence-corrected chi connectivity index (χ3v) is 7.25. The summed E-state index contributed by atoms with van der Waals surface area (Å²) >= 11 is 0. The van der Waals surface area contributed by atoms with Gasteiger partial charge in [0.1, 0.15) is 28.8 Å². The minimum absolute atomic E-state index is 0.0590. The second-order valence-electron chi connectivity index (χ2n) is 9.95. The number of amides is 1. The number of carbonyl (C=O) groups is 1. The molecule has 0 saturated carbocycles. The number of aromatic nitrogens is 2. The van der Waals surface area contributed by atoms with Crippen LogP contribution in [0.25, 0.3) is 11.5 Å². The van der Waals surface area contributed by atoms with Gasteiger partial charge in [-0.1, -0.05) is 42.5 Å². The van der Waals surface area contributed by atoms with Crippen LogP contribution in [0.3, 0.4) is 0 Å². The van der Waals surface area contributed by atoms with E-state index in [1.165, 1.54) is 11.0 Å². The molecule has 3 heterocycles. The van der Waals surface area contributed by atoms with Gasteiger partial charge in [0, 0.05) is 24.2 Å². The molecule has 42 heavy (non-hydrogen) atoms. The molecule has 0 N–H and O–H groups in total. The Kier molecular flexibility index (Phi) is 7.55. The summed E-state index contributed by atoms with van der Waals surface area (Å²) < 4.78 is 31.1. The first-order chi connectivity index (χ1) is 20.5. The third-order valence-electron chi connectivity index (χ3n) is 7.25. The fourth-order valence-corrected chi connectivity index (χ4v) is 5.03. The first-order valence-corrected chi connectivity index (χ1v) is 13.5. The molecule has 1 aliphatic rings. The quantitative estimate of drug-likeness (QED) is 0.200. The Bertz CT molecular complexity index is 1640. The third kappa shape index (κ3) is 5.54. The zero-order chi connectivity index (χ0) is 29.1. The minimum atomic E-state index is -0.375. The fourth-order valence-electron chi connectivity index (χ4n) is 5.03. The molecule has 6 rings (SSSR count). The van der Waals surface area contributed by atoms with E-state index in [0.717, 1.165) is 22.6 Å². The topological polar surface area (TPSA) is 80.9 Å². The number of furan rings is 1. The second kappa shape index (κ2) is 11.7. The summed E-state index contributed by atoms with van der Waals surface area (Å²) in [6, 6.07) is 25.7. The van der Waals surface area contributed by atoms with Crippen molar-refractivity contribution in [1.82, 2.24) is 9.97 Å². The van der Waals surface area contributed by atoms with Crippen LogP contribution in [-0.4, -0.2) is 30.1 Å². The smallest absolute Gasteiger partial charge is 0.233 e. The molecule has 1 aliphatic heterocycles. The van der Waals surface area contributed by atoms with Gasteiger partial charge in [0.05, 0.1) is 33.4 Å². The summed E-state index contributed by atoms with van der Waals surface area (Å²) in [5.41, 5.74) is 3.65.